The molecule has 1 aromatic rings. The van der Waals surface area contributed by atoms with Crippen LogP contribution in [0.15, 0.2) is 18.2 Å². The van der Waals surface area contributed by atoms with Crippen LogP contribution in [0.25, 0.3) is 0 Å². The first-order valence-electron chi connectivity index (χ1n) is 7.17. The molecular formula is C15H23FN4. The SMILES string of the molecule is CCCN1CCN(Cc2cc(F)cc(C(=N)N)c2)CC1. The molecule has 20 heavy (non-hydrogen) atoms. The Morgan fingerprint density at radius 1 is 1.20 bits per heavy atom. The second-order valence-corrected chi connectivity index (χ2v) is 5.38. The number of benzene rings is 1. The lowest BCUT2D eigenvalue weighted by Crippen LogP contribution is -2.46. The summed E-state index contributed by atoms with van der Waals surface area (Å²) in [7, 11) is 0. The van der Waals surface area contributed by atoms with Crippen LogP contribution in [0, 0.1) is 11.2 Å². The van der Waals surface area contributed by atoms with Gasteiger partial charge in [0, 0.05) is 38.3 Å². The van der Waals surface area contributed by atoms with Crippen molar-refractivity contribution in [2.45, 2.75) is 19.9 Å². The van der Waals surface area contributed by atoms with Gasteiger partial charge in [-0.3, -0.25) is 10.3 Å². The number of nitrogen functional groups attached to an aromatic ring is 1. The first kappa shape index (κ1) is 14.9. The van der Waals surface area contributed by atoms with Gasteiger partial charge in [-0.05, 0) is 36.7 Å². The van der Waals surface area contributed by atoms with Gasteiger partial charge in [0.15, 0.2) is 0 Å². The minimum absolute atomic E-state index is 0.0847. The van der Waals surface area contributed by atoms with E-state index >= 15 is 0 Å². The number of nitrogens with one attached hydrogen (secondary N) is 1. The summed E-state index contributed by atoms with van der Waals surface area (Å²) in [6, 6.07) is 4.65. The minimum Gasteiger partial charge on any atom is -0.384 e. The fourth-order valence-corrected chi connectivity index (χ4v) is 2.64. The molecule has 0 radical (unpaired) electrons. The van der Waals surface area contributed by atoms with Crippen molar-refractivity contribution in [3.05, 3.63) is 35.1 Å². The fraction of sp³-hybridized carbons (Fsp3) is 0.533. The lowest BCUT2D eigenvalue weighted by molar-refractivity contribution is 0.127. The van der Waals surface area contributed by atoms with E-state index in [-0.39, 0.29) is 11.7 Å². The van der Waals surface area contributed by atoms with Gasteiger partial charge in [-0.25, -0.2) is 4.39 Å². The lowest BCUT2D eigenvalue weighted by atomic mass is 10.1. The van der Waals surface area contributed by atoms with Crippen LogP contribution < -0.4 is 5.73 Å². The van der Waals surface area contributed by atoms with Crippen molar-refractivity contribution >= 4 is 5.84 Å². The molecule has 3 N–H and O–H groups in total. The topological polar surface area (TPSA) is 56.4 Å². The molecule has 0 amide bonds. The van der Waals surface area contributed by atoms with Gasteiger partial charge < -0.3 is 10.6 Å². The predicted octanol–water partition coefficient (Wildman–Crippen LogP) is 1.64. The number of amidine groups is 1. The summed E-state index contributed by atoms with van der Waals surface area (Å²) in [6.07, 6.45) is 1.19. The summed E-state index contributed by atoms with van der Waals surface area (Å²) in [5.41, 5.74) is 6.78. The van der Waals surface area contributed by atoms with Gasteiger partial charge in [0.1, 0.15) is 11.7 Å². The maximum Gasteiger partial charge on any atom is 0.124 e. The van der Waals surface area contributed by atoms with Gasteiger partial charge in [-0.2, -0.15) is 0 Å². The average Bonchev–Trinajstić information content (AvgIpc) is 2.40. The molecule has 1 saturated heterocycles. The lowest BCUT2D eigenvalue weighted by Gasteiger charge is -2.34. The van der Waals surface area contributed by atoms with Gasteiger partial charge in [-0.15, -0.1) is 0 Å². The Morgan fingerprint density at radius 3 is 2.45 bits per heavy atom. The number of piperazine rings is 1. The number of nitrogens with two attached hydrogens (primary N) is 1. The van der Waals surface area contributed by atoms with Crippen molar-refractivity contribution in [3.63, 3.8) is 0 Å². The van der Waals surface area contributed by atoms with Crippen molar-refractivity contribution in [2.24, 2.45) is 5.73 Å². The zero-order valence-corrected chi connectivity index (χ0v) is 12.0. The molecule has 0 saturated carbocycles. The Hall–Kier alpha value is -1.46. The van der Waals surface area contributed by atoms with E-state index in [1.807, 2.05) is 6.07 Å². The van der Waals surface area contributed by atoms with Gasteiger partial charge in [-0.1, -0.05) is 6.92 Å². The third-order valence-corrected chi connectivity index (χ3v) is 3.68. The van der Waals surface area contributed by atoms with Crippen molar-refractivity contribution in [3.8, 4) is 0 Å². The molecule has 0 spiro atoms. The van der Waals surface area contributed by atoms with Crippen molar-refractivity contribution < 1.29 is 4.39 Å². The number of hydrogen-bond donors (Lipinski definition) is 2. The Balaban J connectivity index is 1.96. The molecule has 0 aromatic heterocycles. The molecule has 0 bridgehead atoms. The Kier molecular flexibility index (Phi) is 5.09. The van der Waals surface area contributed by atoms with Crippen LogP contribution >= 0.6 is 0 Å². The number of hydrogen-bond acceptors (Lipinski definition) is 3. The molecule has 1 aliphatic heterocycles. The summed E-state index contributed by atoms with van der Waals surface area (Å²) in [5.74, 6) is -0.407. The zero-order chi connectivity index (χ0) is 14.5. The minimum atomic E-state index is -0.322. The fourth-order valence-electron chi connectivity index (χ4n) is 2.64. The monoisotopic (exact) mass is 278 g/mol. The van der Waals surface area contributed by atoms with E-state index in [1.165, 1.54) is 18.6 Å². The van der Waals surface area contributed by atoms with Crippen LogP contribution in [0.4, 0.5) is 4.39 Å². The van der Waals surface area contributed by atoms with E-state index in [0.717, 1.165) is 44.8 Å². The average molecular weight is 278 g/mol. The molecule has 1 heterocycles. The van der Waals surface area contributed by atoms with Crippen LogP contribution in [0.5, 0.6) is 0 Å². The quantitative estimate of drug-likeness (QED) is 0.636. The summed E-state index contributed by atoms with van der Waals surface area (Å²) >= 11 is 0. The van der Waals surface area contributed by atoms with E-state index in [2.05, 4.69) is 16.7 Å². The number of halogens is 1. The van der Waals surface area contributed by atoms with E-state index in [9.17, 15) is 4.39 Å². The van der Waals surface area contributed by atoms with Gasteiger partial charge in [0.05, 0.1) is 0 Å². The van der Waals surface area contributed by atoms with Crippen LogP contribution in [0.2, 0.25) is 0 Å². The van der Waals surface area contributed by atoms with Crippen LogP contribution in [-0.2, 0) is 6.54 Å². The molecule has 0 atom stereocenters. The Bertz CT molecular complexity index is 467. The van der Waals surface area contributed by atoms with E-state index in [4.69, 9.17) is 11.1 Å². The Morgan fingerprint density at radius 2 is 1.85 bits per heavy atom. The van der Waals surface area contributed by atoms with E-state index in [1.54, 1.807) is 0 Å². The maximum atomic E-state index is 13.5. The highest BCUT2D eigenvalue weighted by Crippen LogP contribution is 2.13. The molecule has 4 nitrogen and oxygen atoms in total. The molecule has 1 fully saturated rings. The Labute approximate surface area is 119 Å². The highest BCUT2D eigenvalue weighted by atomic mass is 19.1. The van der Waals surface area contributed by atoms with Gasteiger partial charge >= 0.3 is 0 Å². The van der Waals surface area contributed by atoms with Crippen molar-refractivity contribution in [2.75, 3.05) is 32.7 Å². The van der Waals surface area contributed by atoms with Gasteiger partial charge in [0.25, 0.3) is 0 Å². The molecule has 0 aliphatic carbocycles. The highest BCUT2D eigenvalue weighted by Gasteiger charge is 2.16. The van der Waals surface area contributed by atoms with Crippen LogP contribution in [-0.4, -0.2) is 48.4 Å². The first-order valence-corrected chi connectivity index (χ1v) is 7.17. The van der Waals surface area contributed by atoms with Crippen molar-refractivity contribution in [1.82, 2.24) is 9.80 Å². The van der Waals surface area contributed by atoms with Crippen LogP contribution in [0.3, 0.4) is 0 Å². The molecule has 5 heteroatoms. The first-order chi connectivity index (χ1) is 9.58. The predicted molar refractivity (Wildman–Crippen MR) is 79.4 cm³/mol. The molecule has 110 valence electrons. The molecule has 2 rings (SSSR count). The molecule has 1 aromatic carbocycles. The molecule has 0 unspecified atom stereocenters. The smallest absolute Gasteiger partial charge is 0.124 e. The molecular weight excluding hydrogens is 255 g/mol. The summed E-state index contributed by atoms with van der Waals surface area (Å²) in [4.78, 5) is 4.79. The molecule has 1 aliphatic rings. The maximum absolute atomic E-state index is 13.5. The van der Waals surface area contributed by atoms with E-state index < -0.39 is 0 Å². The second-order valence-electron chi connectivity index (χ2n) is 5.38. The van der Waals surface area contributed by atoms with Gasteiger partial charge in [0.2, 0.25) is 0 Å². The van der Waals surface area contributed by atoms with Crippen molar-refractivity contribution in [1.29, 1.82) is 5.41 Å². The zero-order valence-electron chi connectivity index (χ0n) is 12.0. The third-order valence-electron chi connectivity index (χ3n) is 3.68. The third kappa shape index (κ3) is 4.02. The standard InChI is InChI=1S/C15H23FN4/c1-2-3-19-4-6-20(7-5-19)11-12-8-13(15(17)18)10-14(16)9-12/h8-10H,2-7,11H2,1H3,(H3,17,18). The second kappa shape index (κ2) is 6.81. The summed E-state index contributed by atoms with van der Waals surface area (Å²) in [6.45, 7) is 8.23. The summed E-state index contributed by atoms with van der Waals surface area (Å²) in [5, 5.41) is 7.41. The highest BCUT2D eigenvalue weighted by molar-refractivity contribution is 5.95. The van der Waals surface area contributed by atoms with E-state index in [0.29, 0.717) is 5.56 Å². The summed E-state index contributed by atoms with van der Waals surface area (Å²) < 4.78 is 13.5. The normalized spacial score (nSPS) is 17.3. The number of nitrogens with zero attached hydrogens (tertiary/aromatic N) is 2. The largest absolute Gasteiger partial charge is 0.384 e. The number of rotatable bonds is 5. The van der Waals surface area contributed by atoms with Crippen LogP contribution in [0.1, 0.15) is 24.5 Å².